The average molecular weight is 415 g/mol. The van der Waals surface area contributed by atoms with Gasteiger partial charge in [0, 0.05) is 17.5 Å². The summed E-state index contributed by atoms with van der Waals surface area (Å²) < 4.78 is 24.9. The van der Waals surface area contributed by atoms with Crippen LogP contribution in [0.5, 0.6) is 0 Å². The van der Waals surface area contributed by atoms with Crippen LogP contribution in [0.2, 0.25) is 0 Å². The molecule has 0 saturated heterocycles. The number of carbonyl (C=O) groups is 1. The van der Waals surface area contributed by atoms with Crippen molar-refractivity contribution in [2.45, 2.75) is 25.2 Å². The predicted molar refractivity (Wildman–Crippen MR) is 116 cm³/mol. The normalized spacial score (nSPS) is 11.4. The zero-order chi connectivity index (χ0) is 20.5. The first-order valence-corrected chi connectivity index (χ1v) is 11.5. The Balaban J connectivity index is 2.16. The van der Waals surface area contributed by atoms with Gasteiger partial charge in [-0.25, -0.2) is 8.42 Å². The maximum absolute atomic E-state index is 12.9. The van der Waals surface area contributed by atoms with Crippen molar-refractivity contribution in [3.63, 3.8) is 0 Å². The molecule has 1 heterocycles. The van der Waals surface area contributed by atoms with E-state index in [2.05, 4.69) is 5.32 Å². The van der Waals surface area contributed by atoms with Gasteiger partial charge in [-0.3, -0.25) is 4.79 Å². The lowest BCUT2D eigenvalue weighted by molar-refractivity contribution is 0.104. The quantitative estimate of drug-likeness (QED) is 0.576. The van der Waals surface area contributed by atoms with Crippen LogP contribution in [0.25, 0.3) is 0 Å². The Morgan fingerprint density at radius 2 is 1.79 bits per heavy atom. The number of benzene rings is 2. The van der Waals surface area contributed by atoms with Crippen LogP contribution < -0.4 is 11.1 Å². The lowest BCUT2D eigenvalue weighted by atomic mass is 10.1. The van der Waals surface area contributed by atoms with E-state index in [9.17, 15) is 13.2 Å². The number of carbonyl (C=O) groups excluding carboxylic acids is 1. The fourth-order valence-electron chi connectivity index (χ4n) is 3.08. The van der Waals surface area contributed by atoms with Gasteiger partial charge in [0.15, 0.2) is 9.84 Å². The SMILES string of the molecule is CCc1cccc(C)c1Nc1sc(C(=O)c2ccccc2)c(N)c1S(C)(=O)=O. The first-order chi connectivity index (χ1) is 13.2. The highest BCUT2D eigenvalue weighted by Gasteiger charge is 2.28. The standard InChI is InChI=1S/C21H22N2O3S2/c1-4-14-12-8-9-13(2)17(14)23-21-20(28(3,25)26)16(22)19(27-21)18(24)15-10-6-5-7-11-15/h5-12,23H,4,22H2,1-3H3. The Kier molecular flexibility index (Phi) is 5.58. The first kappa shape index (κ1) is 20.1. The van der Waals surface area contributed by atoms with Gasteiger partial charge in [-0.05, 0) is 24.5 Å². The fourth-order valence-corrected chi connectivity index (χ4v) is 5.60. The van der Waals surface area contributed by atoms with Crippen LogP contribution in [0.15, 0.2) is 53.4 Å². The van der Waals surface area contributed by atoms with E-state index in [0.717, 1.165) is 40.8 Å². The molecule has 0 fully saturated rings. The minimum absolute atomic E-state index is 0.00418. The number of thiophene rings is 1. The number of nitrogens with two attached hydrogens (primary N) is 1. The second-order valence-corrected chi connectivity index (χ2v) is 9.53. The summed E-state index contributed by atoms with van der Waals surface area (Å²) in [5, 5.41) is 3.61. The van der Waals surface area contributed by atoms with Crippen LogP contribution in [-0.4, -0.2) is 20.5 Å². The number of nitrogen functional groups attached to an aromatic ring is 1. The Morgan fingerprint density at radius 3 is 2.39 bits per heavy atom. The average Bonchev–Trinajstić information content (AvgIpc) is 2.99. The maximum Gasteiger partial charge on any atom is 0.205 e. The summed E-state index contributed by atoms with van der Waals surface area (Å²) in [7, 11) is -3.64. The van der Waals surface area contributed by atoms with Gasteiger partial charge in [0.1, 0.15) is 14.8 Å². The van der Waals surface area contributed by atoms with E-state index < -0.39 is 9.84 Å². The van der Waals surface area contributed by atoms with Crippen molar-refractivity contribution in [3.05, 3.63) is 70.1 Å². The van der Waals surface area contributed by atoms with Gasteiger partial charge in [0.05, 0.1) is 5.69 Å². The molecule has 0 spiro atoms. The summed E-state index contributed by atoms with van der Waals surface area (Å²) in [6.45, 7) is 3.99. The van der Waals surface area contributed by atoms with Gasteiger partial charge < -0.3 is 11.1 Å². The molecule has 0 aliphatic heterocycles. The van der Waals surface area contributed by atoms with E-state index in [0.29, 0.717) is 10.6 Å². The van der Waals surface area contributed by atoms with E-state index in [1.807, 2.05) is 38.1 Å². The van der Waals surface area contributed by atoms with E-state index in [4.69, 9.17) is 5.73 Å². The van der Waals surface area contributed by atoms with Crippen LogP contribution in [0, 0.1) is 6.92 Å². The lowest BCUT2D eigenvalue weighted by Crippen LogP contribution is -2.06. The van der Waals surface area contributed by atoms with Crippen molar-refractivity contribution in [1.29, 1.82) is 0 Å². The molecule has 146 valence electrons. The molecule has 0 radical (unpaired) electrons. The Morgan fingerprint density at radius 1 is 1.11 bits per heavy atom. The summed E-state index contributed by atoms with van der Waals surface area (Å²) in [4.78, 5) is 13.1. The molecule has 0 unspecified atom stereocenters. The highest BCUT2D eigenvalue weighted by atomic mass is 32.2. The molecule has 0 amide bonds. The van der Waals surface area contributed by atoms with Crippen molar-refractivity contribution in [2.24, 2.45) is 0 Å². The second-order valence-electron chi connectivity index (χ2n) is 6.56. The monoisotopic (exact) mass is 414 g/mol. The van der Waals surface area contributed by atoms with Crippen LogP contribution in [0.3, 0.4) is 0 Å². The lowest BCUT2D eigenvalue weighted by Gasteiger charge is -2.14. The fraction of sp³-hybridized carbons (Fsp3) is 0.190. The van der Waals surface area contributed by atoms with Crippen molar-refractivity contribution in [2.75, 3.05) is 17.3 Å². The predicted octanol–water partition coefficient (Wildman–Crippen LogP) is 4.58. The number of hydrogen-bond donors (Lipinski definition) is 2. The van der Waals surface area contributed by atoms with E-state index in [1.165, 1.54) is 0 Å². The largest absolute Gasteiger partial charge is 0.396 e. The van der Waals surface area contributed by atoms with E-state index in [-0.39, 0.29) is 21.2 Å². The van der Waals surface area contributed by atoms with Crippen molar-refractivity contribution >= 4 is 43.3 Å². The molecule has 5 nitrogen and oxygen atoms in total. The van der Waals surface area contributed by atoms with Gasteiger partial charge in [0.2, 0.25) is 5.78 Å². The molecule has 0 aliphatic carbocycles. The number of ketones is 1. The van der Waals surface area contributed by atoms with Gasteiger partial charge in [-0.15, -0.1) is 11.3 Å². The number of nitrogens with one attached hydrogen (secondary N) is 1. The van der Waals surface area contributed by atoms with Crippen molar-refractivity contribution < 1.29 is 13.2 Å². The van der Waals surface area contributed by atoms with Crippen molar-refractivity contribution in [3.8, 4) is 0 Å². The number of aryl methyl sites for hydroxylation is 2. The smallest absolute Gasteiger partial charge is 0.205 e. The Labute approximate surface area is 169 Å². The van der Waals surface area contributed by atoms with Crippen molar-refractivity contribution in [1.82, 2.24) is 0 Å². The number of sulfone groups is 1. The zero-order valence-corrected chi connectivity index (χ0v) is 17.6. The molecular formula is C21H22N2O3S2. The third-order valence-electron chi connectivity index (χ3n) is 4.49. The maximum atomic E-state index is 12.9. The third-order valence-corrected chi connectivity index (χ3v) is 6.91. The molecule has 0 bridgehead atoms. The zero-order valence-electron chi connectivity index (χ0n) is 15.9. The minimum atomic E-state index is -3.64. The summed E-state index contributed by atoms with van der Waals surface area (Å²) >= 11 is 1.07. The van der Waals surface area contributed by atoms with E-state index in [1.54, 1.807) is 24.3 Å². The minimum Gasteiger partial charge on any atom is -0.396 e. The molecule has 1 aromatic heterocycles. The molecule has 3 rings (SSSR count). The van der Waals surface area contributed by atoms with Gasteiger partial charge in [-0.1, -0.05) is 55.5 Å². The molecule has 0 aliphatic rings. The molecule has 7 heteroatoms. The molecular weight excluding hydrogens is 392 g/mol. The van der Waals surface area contributed by atoms with Crippen LogP contribution in [0.4, 0.5) is 16.4 Å². The Bertz CT molecular complexity index is 1130. The van der Waals surface area contributed by atoms with E-state index >= 15 is 0 Å². The molecule has 28 heavy (non-hydrogen) atoms. The highest BCUT2D eigenvalue weighted by molar-refractivity contribution is 7.91. The summed E-state index contributed by atoms with van der Waals surface area (Å²) in [6, 6.07) is 14.6. The Hall–Kier alpha value is -2.64. The molecule has 3 aromatic rings. The third kappa shape index (κ3) is 3.81. The van der Waals surface area contributed by atoms with Crippen LogP contribution in [-0.2, 0) is 16.3 Å². The number of rotatable bonds is 6. The number of para-hydroxylation sites is 1. The molecule has 0 atom stereocenters. The first-order valence-electron chi connectivity index (χ1n) is 8.81. The van der Waals surface area contributed by atoms with Crippen LogP contribution >= 0.6 is 11.3 Å². The summed E-state index contributed by atoms with van der Waals surface area (Å²) in [6.07, 6.45) is 1.89. The summed E-state index contributed by atoms with van der Waals surface area (Å²) in [5.74, 6) is -0.290. The highest BCUT2D eigenvalue weighted by Crippen LogP contribution is 2.42. The molecule has 0 saturated carbocycles. The van der Waals surface area contributed by atoms with Gasteiger partial charge in [-0.2, -0.15) is 0 Å². The number of hydrogen-bond acceptors (Lipinski definition) is 6. The van der Waals surface area contributed by atoms with Gasteiger partial charge in [0.25, 0.3) is 0 Å². The molecule has 3 N–H and O–H groups in total. The molecule has 2 aromatic carbocycles. The summed E-state index contributed by atoms with van der Waals surface area (Å²) in [5.41, 5.74) is 9.51. The second kappa shape index (κ2) is 7.77. The topological polar surface area (TPSA) is 89.3 Å². The number of anilines is 3. The van der Waals surface area contributed by atoms with Crippen LogP contribution in [0.1, 0.15) is 33.3 Å². The van der Waals surface area contributed by atoms with Gasteiger partial charge >= 0.3 is 0 Å².